The molecule has 1 N–H and O–H groups in total. The van der Waals surface area contributed by atoms with Crippen LogP contribution in [-0.2, 0) is 14.4 Å². The Morgan fingerprint density at radius 3 is 2.55 bits per heavy atom. The van der Waals surface area contributed by atoms with Crippen LogP contribution in [0.1, 0.15) is 46.5 Å². The number of aliphatic hydroxyl groups excluding tert-OH is 1. The first-order valence-electron chi connectivity index (χ1n) is 12.4. The van der Waals surface area contributed by atoms with Gasteiger partial charge in [0, 0.05) is 44.1 Å². The smallest absolute Gasteiger partial charge is 0.247 e. The van der Waals surface area contributed by atoms with Gasteiger partial charge in [-0.2, -0.15) is 0 Å². The summed E-state index contributed by atoms with van der Waals surface area (Å²) in [5.41, 5.74) is 0. The molecule has 0 saturated carbocycles. The Balaban J connectivity index is 1.75. The van der Waals surface area contributed by atoms with E-state index in [1.54, 1.807) is 16.7 Å². The Labute approximate surface area is 201 Å². The van der Waals surface area contributed by atoms with Crippen molar-refractivity contribution in [1.29, 1.82) is 0 Å². The van der Waals surface area contributed by atoms with Crippen LogP contribution >= 0.6 is 11.8 Å². The fourth-order valence-electron chi connectivity index (χ4n) is 5.95. The maximum absolute atomic E-state index is 14.0. The summed E-state index contributed by atoms with van der Waals surface area (Å²) in [6.45, 7) is 8.45. The quantitative estimate of drug-likeness (QED) is 0.429. The van der Waals surface area contributed by atoms with Gasteiger partial charge in [0.1, 0.15) is 6.04 Å². The highest BCUT2D eigenvalue weighted by Crippen LogP contribution is 2.61. The molecule has 5 atom stereocenters. The lowest BCUT2D eigenvalue weighted by atomic mass is 9.78. The number of nitrogens with zero attached hydrogens (tertiary/aromatic N) is 3. The summed E-state index contributed by atoms with van der Waals surface area (Å²) in [5.74, 6) is -1.01. The molecule has 4 rings (SSSR count). The van der Waals surface area contributed by atoms with E-state index in [1.807, 2.05) is 29.7 Å². The molecule has 33 heavy (non-hydrogen) atoms. The van der Waals surface area contributed by atoms with Crippen molar-refractivity contribution in [3.05, 3.63) is 24.3 Å². The van der Waals surface area contributed by atoms with Gasteiger partial charge in [0.2, 0.25) is 17.7 Å². The van der Waals surface area contributed by atoms with Crippen molar-refractivity contribution in [2.45, 2.75) is 68.5 Å². The number of fused-ring (bicyclic) bond motifs is 2. The maximum atomic E-state index is 14.0. The van der Waals surface area contributed by atoms with E-state index < -0.39 is 22.6 Å². The van der Waals surface area contributed by atoms with Crippen LogP contribution < -0.4 is 0 Å². The van der Waals surface area contributed by atoms with E-state index in [4.69, 9.17) is 5.11 Å². The Morgan fingerprint density at radius 2 is 1.85 bits per heavy atom. The molecule has 1 unspecified atom stereocenters. The zero-order chi connectivity index (χ0) is 23.8. The fraction of sp³-hybridized carbons (Fsp3) is 0.720. The molecule has 2 fully saturated rings. The van der Waals surface area contributed by atoms with E-state index in [2.05, 4.69) is 25.2 Å². The topological polar surface area (TPSA) is 81.2 Å². The van der Waals surface area contributed by atoms with E-state index in [0.29, 0.717) is 32.6 Å². The molecular weight excluding hydrogens is 438 g/mol. The summed E-state index contributed by atoms with van der Waals surface area (Å²) >= 11 is 1.64. The van der Waals surface area contributed by atoms with E-state index in [-0.39, 0.29) is 35.6 Å². The zero-order valence-corrected chi connectivity index (χ0v) is 20.8. The van der Waals surface area contributed by atoms with Crippen molar-refractivity contribution in [1.82, 2.24) is 14.7 Å². The first-order chi connectivity index (χ1) is 15.9. The standard InChI is InChI=1S/C25H37N3O4S/c1-4-12-26-13-8-10-18-19(22(26)30)20-23(31)28(14-6-5-7-16-29)21-24(32)27(17(2)3)15-9-11-25(20,21)33-18/h8-11,17-21,29H,4-7,12-16H2,1-3H3/t18-,19+,20+,21?,25+/m1/s1. The number of unbranched alkanes of at least 4 members (excludes halogenated alkanes) is 2. The van der Waals surface area contributed by atoms with Crippen LogP contribution in [0.4, 0.5) is 0 Å². The van der Waals surface area contributed by atoms with Crippen molar-refractivity contribution >= 4 is 29.5 Å². The van der Waals surface area contributed by atoms with Gasteiger partial charge in [0.05, 0.1) is 16.6 Å². The van der Waals surface area contributed by atoms with Crippen LogP contribution in [0.25, 0.3) is 0 Å². The predicted molar refractivity (Wildman–Crippen MR) is 130 cm³/mol. The number of aliphatic hydroxyl groups is 1. The van der Waals surface area contributed by atoms with Crippen molar-refractivity contribution < 1.29 is 19.5 Å². The van der Waals surface area contributed by atoms with Crippen LogP contribution in [0, 0.1) is 11.8 Å². The third kappa shape index (κ3) is 4.03. The van der Waals surface area contributed by atoms with Gasteiger partial charge < -0.3 is 19.8 Å². The number of carbonyl (C=O) groups excluding carboxylic acids is 3. The highest BCUT2D eigenvalue weighted by molar-refractivity contribution is 8.02. The summed E-state index contributed by atoms with van der Waals surface area (Å²) in [6, 6.07) is -0.566. The first kappa shape index (κ1) is 24.3. The second-order valence-corrected chi connectivity index (χ2v) is 11.3. The number of hydrogen-bond donors (Lipinski definition) is 1. The summed E-state index contributed by atoms with van der Waals surface area (Å²) in [4.78, 5) is 47.1. The van der Waals surface area contributed by atoms with Gasteiger partial charge in [-0.15, -0.1) is 11.8 Å². The van der Waals surface area contributed by atoms with Gasteiger partial charge in [-0.25, -0.2) is 0 Å². The van der Waals surface area contributed by atoms with Gasteiger partial charge in [0.15, 0.2) is 0 Å². The molecule has 7 nitrogen and oxygen atoms in total. The van der Waals surface area contributed by atoms with E-state index in [1.165, 1.54) is 0 Å². The molecule has 1 spiro atoms. The Morgan fingerprint density at radius 1 is 1.06 bits per heavy atom. The molecule has 4 aliphatic heterocycles. The predicted octanol–water partition coefficient (Wildman–Crippen LogP) is 2.06. The van der Waals surface area contributed by atoms with Gasteiger partial charge in [-0.05, 0) is 39.5 Å². The normalized spacial score (nSPS) is 33.5. The second kappa shape index (κ2) is 9.82. The van der Waals surface area contributed by atoms with Crippen LogP contribution in [0.15, 0.2) is 24.3 Å². The third-order valence-corrected chi connectivity index (χ3v) is 9.19. The SMILES string of the molecule is CCCN1CC=C[C@H]2S[C@]34C=CCN(C(C)C)C(=O)C3N(CCCCCO)C(=O)[C@@H]4[C@H]2C1=O. The summed E-state index contributed by atoms with van der Waals surface area (Å²) in [5, 5.41) is 9.05. The van der Waals surface area contributed by atoms with Gasteiger partial charge in [-0.3, -0.25) is 14.4 Å². The van der Waals surface area contributed by atoms with Crippen molar-refractivity contribution in [3.8, 4) is 0 Å². The lowest BCUT2D eigenvalue weighted by molar-refractivity contribution is -0.144. The average Bonchev–Trinajstić information content (AvgIpc) is 3.09. The third-order valence-electron chi connectivity index (χ3n) is 7.45. The number of amides is 3. The van der Waals surface area contributed by atoms with Gasteiger partial charge in [0.25, 0.3) is 0 Å². The lowest BCUT2D eigenvalue weighted by Crippen LogP contribution is -2.54. The average molecular weight is 476 g/mol. The van der Waals surface area contributed by atoms with Gasteiger partial charge in [-0.1, -0.05) is 31.2 Å². The van der Waals surface area contributed by atoms with Gasteiger partial charge >= 0.3 is 0 Å². The summed E-state index contributed by atoms with van der Waals surface area (Å²) in [7, 11) is 0. The molecule has 0 bridgehead atoms. The number of hydrogen-bond acceptors (Lipinski definition) is 5. The summed E-state index contributed by atoms with van der Waals surface area (Å²) < 4.78 is -0.723. The zero-order valence-electron chi connectivity index (χ0n) is 20.0. The van der Waals surface area contributed by atoms with Crippen LogP contribution in [0.2, 0.25) is 0 Å². The van der Waals surface area contributed by atoms with Crippen molar-refractivity contribution in [2.24, 2.45) is 11.8 Å². The monoisotopic (exact) mass is 475 g/mol. The molecule has 182 valence electrons. The molecule has 4 heterocycles. The number of carbonyl (C=O) groups is 3. The highest BCUT2D eigenvalue weighted by Gasteiger charge is 2.70. The molecule has 0 radical (unpaired) electrons. The van der Waals surface area contributed by atoms with E-state index in [9.17, 15) is 14.4 Å². The molecule has 0 aromatic heterocycles. The molecule has 8 heteroatoms. The van der Waals surface area contributed by atoms with Crippen LogP contribution in [0.3, 0.4) is 0 Å². The molecule has 0 aromatic rings. The molecule has 0 aromatic carbocycles. The highest BCUT2D eigenvalue weighted by atomic mass is 32.2. The molecule has 3 amide bonds. The van der Waals surface area contributed by atoms with Crippen molar-refractivity contribution in [2.75, 3.05) is 32.8 Å². The van der Waals surface area contributed by atoms with E-state index in [0.717, 1.165) is 19.3 Å². The largest absolute Gasteiger partial charge is 0.396 e. The lowest BCUT2D eigenvalue weighted by Gasteiger charge is -2.36. The minimum atomic E-state index is -0.723. The minimum Gasteiger partial charge on any atom is -0.396 e. The number of rotatable bonds is 8. The molecular formula is C25H37N3O4S. The number of likely N-dealkylation sites (tertiary alicyclic amines) is 1. The Bertz CT molecular complexity index is 844. The Kier molecular flexibility index (Phi) is 7.24. The van der Waals surface area contributed by atoms with E-state index >= 15 is 0 Å². The maximum Gasteiger partial charge on any atom is 0.247 e. The second-order valence-electron chi connectivity index (χ2n) is 9.86. The van der Waals surface area contributed by atoms with Crippen molar-refractivity contribution in [3.63, 3.8) is 0 Å². The summed E-state index contributed by atoms with van der Waals surface area (Å²) in [6.07, 6.45) is 11.3. The molecule has 2 saturated heterocycles. The van der Waals surface area contributed by atoms with Crippen LogP contribution in [-0.4, -0.2) is 92.4 Å². The first-order valence-corrected chi connectivity index (χ1v) is 13.3. The minimum absolute atomic E-state index is 0.0150. The number of thioether (sulfide) groups is 1. The molecule has 4 aliphatic rings. The van der Waals surface area contributed by atoms with Crippen LogP contribution in [0.5, 0.6) is 0 Å². The molecule has 0 aliphatic carbocycles. The Hall–Kier alpha value is -1.80. The fourth-order valence-corrected chi connectivity index (χ4v) is 7.96.